The van der Waals surface area contributed by atoms with Crippen LogP contribution in [0.5, 0.6) is 0 Å². The molecule has 0 radical (unpaired) electrons. The first-order valence-corrected chi connectivity index (χ1v) is 15.8. The van der Waals surface area contributed by atoms with E-state index in [0.29, 0.717) is 24.0 Å². The minimum Gasteiger partial charge on any atom is -0.367 e. The minimum atomic E-state index is -3.51. The van der Waals surface area contributed by atoms with Crippen LogP contribution in [0.3, 0.4) is 0 Å². The monoisotopic (exact) mass is 566 g/mol. The van der Waals surface area contributed by atoms with Gasteiger partial charge < -0.3 is 10.6 Å². The topological polar surface area (TPSA) is 110 Å². The first-order chi connectivity index (χ1) is 18.7. The Morgan fingerprint density at radius 3 is 2.51 bits per heavy atom. The van der Waals surface area contributed by atoms with E-state index in [-0.39, 0.29) is 22.6 Å². The molecule has 204 valence electrons. The predicted molar refractivity (Wildman–Crippen MR) is 153 cm³/mol. The first kappa shape index (κ1) is 26.1. The summed E-state index contributed by atoms with van der Waals surface area (Å²) < 4.78 is 40.9. The number of hydrogen-bond acceptors (Lipinski definition) is 9. The summed E-state index contributed by atoms with van der Waals surface area (Å²) in [6, 6.07) is 6.47. The second-order valence-electron chi connectivity index (χ2n) is 10.7. The number of nitrogens with zero attached hydrogens (tertiary/aromatic N) is 4. The van der Waals surface area contributed by atoms with E-state index in [1.807, 2.05) is 19.9 Å². The van der Waals surface area contributed by atoms with Crippen LogP contribution in [0.2, 0.25) is 0 Å². The van der Waals surface area contributed by atoms with Crippen LogP contribution in [0.15, 0.2) is 35.4 Å². The molecule has 2 fully saturated rings. The Kier molecular flexibility index (Phi) is 6.74. The van der Waals surface area contributed by atoms with E-state index in [4.69, 9.17) is 15.0 Å². The van der Waals surface area contributed by atoms with Crippen LogP contribution in [0.1, 0.15) is 49.1 Å². The van der Waals surface area contributed by atoms with Gasteiger partial charge in [-0.1, -0.05) is 0 Å². The number of nitrogens with one attached hydrogen (secondary N) is 2. The molecule has 4 aromatic rings. The van der Waals surface area contributed by atoms with Crippen molar-refractivity contribution in [1.82, 2.24) is 19.9 Å². The van der Waals surface area contributed by atoms with Crippen molar-refractivity contribution in [3.8, 4) is 10.6 Å². The Hall–Kier alpha value is -3.18. The van der Waals surface area contributed by atoms with Gasteiger partial charge in [0.1, 0.15) is 22.2 Å². The SMILES string of the molecule is Cc1cc(S(=O)(=O)CC2CCC(Nc3nc(NC4CC4)nc(C)c3-c3nc4c(C)nccc4s3)C2)ccc1F. The van der Waals surface area contributed by atoms with Gasteiger partial charge in [0.05, 0.1) is 32.3 Å². The molecule has 2 atom stereocenters. The maximum absolute atomic E-state index is 13.7. The molecule has 39 heavy (non-hydrogen) atoms. The lowest BCUT2D eigenvalue weighted by atomic mass is 10.1. The number of aryl methyl sites for hydroxylation is 3. The highest BCUT2D eigenvalue weighted by atomic mass is 32.2. The van der Waals surface area contributed by atoms with Gasteiger partial charge in [0, 0.05) is 18.3 Å². The number of benzene rings is 1. The molecular weight excluding hydrogens is 535 g/mol. The third-order valence-corrected chi connectivity index (χ3v) is 10.5. The van der Waals surface area contributed by atoms with E-state index < -0.39 is 15.7 Å². The van der Waals surface area contributed by atoms with E-state index in [0.717, 1.165) is 63.7 Å². The summed E-state index contributed by atoms with van der Waals surface area (Å²) in [6.07, 6.45) is 6.35. The Bertz CT molecular complexity index is 1670. The predicted octanol–water partition coefficient (Wildman–Crippen LogP) is 5.84. The summed E-state index contributed by atoms with van der Waals surface area (Å²) in [4.78, 5) is 19.1. The maximum atomic E-state index is 13.7. The van der Waals surface area contributed by atoms with Gasteiger partial charge in [-0.05, 0) is 88.6 Å². The van der Waals surface area contributed by atoms with Gasteiger partial charge in [-0.25, -0.2) is 22.8 Å². The Morgan fingerprint density at radius 1 is 0.974 bits per heavy atom. The largest absolute Gasteiger partial charge is 0.367 e. The van der Waals surface area contributed by atoms with Gasteiger partial charge in [0.15, 0.2) is 9.84 Å². The molecule has 1 aromatic carbocycles. The fourth-order valence-electron chi connectivity index (χ4n) is 5.27. The fraction of sp³-hybridized carbons (Fsp3) is 0.429. The summed E-state index contributed by atoms with van der Waals surface area (Å²) in [6.45, 7) is 5.52. The summed E-state index contributed by atoms with van der Waals surface area (Å²) >= 11 is 1.59. The number of aromatic nitrogens is 4. The second kappa shape index (κ2) is 10.1. The van der Waals surface area contributed by atoms with Crippen LogP contribution in [0.4, 0.5) is 16.2 Å². The number of hydrogen-bond donors (Lipinski definition) is 2. The molecule has 6 rings (SSSR count). The van der Waals surface area contributed by atoms with Crippen molar-refractivity contribution in [1.29, 1.82) is 0 Å². The third kappa shape index (κ3) is 5.47. The van der Waals surface area contributed by atoms with E-state index >= 15 is 0 Å². The van der Waals surface area contributed by atoms with Crippen molar-refractivity contribution >= 4 is 43.2 Å². The minimum absolute atomic E-state index is 0.00415. The smallest absolute Gasteiger partial charge is 0.225 e. The van der Waals surface area contributed by atoms with Crippen molar-refractivity contribution in [2.75, 3.05) is 16.4 Å². The number of sulfone groups is 1. The second-order valence-corrected chi connectivity index (χ2v) is 13.8. The summed E-state index contributed by atoms with van der Waals surface area (Å²) in [7, 11) is -3.51. The van der Waals surface area contributed by atoms with Gasteiger partial charge in [0.25, 0.3) is 0 Å². The molecule has 0 amide bonds. The lowest BCUT2D eigenvalue weighted by molar-refractivity contribution is 0.555. The molecule has 0 aliphatic heterocycles. The molecule has 0 spiro atoms. The molecule has 2 unspecified atom stereocenters. The summed E-state index contributed by atoms with van der Waals surface area (Å²) in [5.41, 5.74) is 3.81. The zero-order valence-electron chi connectivity index (χ0n) is 22.2. The Morgan fingerprint density at radius 2 is 1.77 bits per heavy atom. The summed E-state index contributed by atoms with van der Waals surface area (Å²) in [5, 5.41) is 7.87. The van der Waals surface area contributed by atoms with Gasteiger partial charge in [-0.15, -0.1) is 11.3 Å². The standard InChI is InChI=1S/C28H31FN6O2S2/c1-15-12-21(8-9-22(15)29)39(36,37)14-18-4-5-20(13-18)32-26-24(16(2)31-28(35-26)33-19-6-7-19)27-34-25-17(3)30-11-10-23(25)38-27/h8-12,18-20H,4-7,13-14H2,1-3H3,(H2,31,32,33,35). The van der Waals surface area contributed by atoms with E-state index in [1.165, 1.54) is 18.2 Å². The highest BCUT2D eigenvalue weighted by Crippen LogP contribution is 2.39. The van der Waals surface area contributed by atoms with E-state index in [1.54, 1.807) is 24.5 Å². The maximum Gasteiger partial charge on any atom is 0.225 e. The molecule has 2 N–H and O–H groups in total. The fourth-order valence-corrected chi connectivity index (χ4v) is 8.12. The van der Waals surface area contributed by atoms with E-state index in [2.05, 4.69) is 15.6 Å². The van der Waals surface area contributed by atoms with Crippen LogP contribution < -0.4 is 10.6 Å². The average Bonchev–Trinajstić information content (AvgIpc) is 3.41. The molecule has 2 aliphatic carbocycles. The van der Waals surface area contributed by atoms with Gasteiger partial charge in [0.2, 0.25) is 5.95 Å². The van der Waals surface area contributed by atoms with Crippen molar-refractivity contribution in [3.63, 3.8) is 0 Å². The third-order valence-electron chi connectivity index (χ3n) is 7.53. The van der Waals surface area contributed by atoms with Crippen LogP contribution in [0, 0.1) is 32.5 Å². The molecule has 0 bridgehead atoms. The van der Waals surface area contributed by atoms with Crippen molar-refractivity contribution < 1.29 is 12.8 Å². The highest BCUT2D eigenvalue weighted by Gasteiger charge is 2.31. The Labute approximate surface area is 231 Å². The molecule has 3 heterocycles. The first-order valence-electron chi connectivity index (χ1n) is 13.3. The van der Waals surface area contributed by atoms with Crippen LogP contribution in [-0.2, 0) is 9.84 Å². The number of rotatable bonds is 8. The molecule has 11 heteroatoms. The van der Waals surface area contributed by atoms with Crippen LogP contribution >= 0.6 is 11.3 Å². The van der Waals surface area contributed by atoms with Crippen molar-refractivity contribution in [3.05, 3.63) is 53.2 Å². The number of thiazole rings is 1. The Balaban J connectivity index is 1.25. The zero-order chi connectivity index (χ0) is 27.3. The molecule has 8 nitrogen and oxygen atoms in total. The van der Waals surface area contributed by atoms with Crippen molar-refractivity contribution in [2.45, 2.75) is 69.9 Å². The molecule has 2 aliphatic rings. The van der Waals surface area contributed by atoms with Crippen molar-refractivity contribution in [2.24, 2.45) is 5.92 Å². The van der Waals surface area contributed by atoms with Gasteiger partial charge >= 0.3 is 0 Å². The lowest BCUT2D eigenvalue weighted by Crippen LogP contribution is -2.21. The van der Waals surface area contributed by atoms with E-state index in [9.17, 15) is 12.8 Å². The normalized spacial score (nSPS) is 19.5. The molecule has 2 saturated carbocycles. The lowest BCUT2D eigenvalue weighted by Gasteiger charge is -2.18. The van der Waals surface area contributed by atoms with Crippen LogP contribution in [-0.4, -0.2) is 46.2 Å². The number of pyridine rings is 1. The number of fused-ring (bicyclic) bond motifs is 1. The number of halogens is 1. The molecule has 3 aromatic heterocycles. The zero-order valence-corrected chi connectivity index (χ0v) is 23.8. The van der Waals surface area contributed by atoms with Gasteiger partial charge in [-0.3, -0.25) is 4.98 Å². The highest BCUT2D eigenvalue weighted by molar-refractivity contribution is 7.91. The van der Waals surface area contributed by atoms with Crippen LogP contribution in [0.25, 0.3) is 20.8 Å². The molecule has 0 saturated heterocycles. The van der Waals surface area contributed by atoms with Gasteiger partial charge in [-0.2, -0.15) is 4.98 Å². The quantitative estimate of drug-likeness (QED) is 0.256. The average molecular weight is 567 g/mol. The number of anilines is 2. The summed E-state index contributed by atoms with van der Waals surface area (Å²) in [5.74, 6) is 0.974. The molecular formula is C28H31FN6O2S2.